The zero-order valence-electron chi connectivity index (χ0n) is 10.2. The van der Waals surface area contributed by atoms with Gasteiger partial charge in [0.25, 0.3) is 6.43 Å². The van der Waals surface area contributed by atoms with Crippen molar-refractivity contribution in [1.29, 1.82) is 0 Å². The fourth-order valence-electron chi connectivity index (χ4n) is 1.29. The molecule has 1 aromatic heterocycles. The average molecular weight is 319 g/mol. The first-order valence-electron chi connectivity index (χ1n) is 5.35. The molecule has 1 rings (SSSR count). The lowest BCUT2D eigenvalue weighted by Crippen LogP contribution is -2.13. The summed E-state index contributed by atoms with van der Waals surface area (Å²) >= 11 is -0.373. The molecule has 20 heavy (non-hydrogen) atoms. The van der Waals surface area contributed by atoms with Crippen LogP contribution in [0, 0.1) is 0 Å². The van der Waals surface area contributed by atoms with E-state index in [1.807, 2.05) is 0 Å². The van der Waals surface area contributed by atoms with Crippen LogP contribution in [0.1, 0.15) is 29.5 Å². The van der Waals surface area contributed by atoms with E-state index in [4.69, 9.17) is 0 Å². The second kappa shape index (κ2) is 6.86. The molecule has 0 amide bonds. The number of esters is 1. The Morgan fingerprint density at radius 1 is 1.45 bits per heavy atom. The number of carbonyl (C=O) groups is 1. The van der Waals surface area contributed by atoms with Gasteiger partial charge in [-0.25, -0.2) is 18.3 Å². The summed E-state index contributed by atoms with van der Waals surface area (Å²) in [5.41, 5.74) is -5.99. The van der Waals surface area contributed by atoms with Gasteiger partial charge in [0, 0.05) is 5.75 Å². The highest BCUT2D eigenvalue weighted by Crippen LogP contribution is 2.30. The minimum absolute atomic E-state index is 0.0434. The number of thioether (sulfide) groups is 1. The van der Waals surface area contributed by atoms with Crippen molar-refractivity contribution in [1.82, 2.24) is 15.0 Å². The van der Waals surface area contributed by atoms with Crippen LogP contribution in [0.2, 0.25) is 0 Å². The van der Waals surface area contributed by atoms with Gasteiger partial charge in [-0.05, 0) is 18.7 Å². The summed E-state index contributed by atoms with van der Waals surface area (Å²) in [6.45, 7) is 0.985. The molecule has 0 radical (unpaired) electrons. The molecule has 0 N–H and O–H groups in total. The lowest BCUT2D eigenvalue weighted by molar-refractivity contribution is -0.0328. The smallest absolute Gasteiger partial charge is 0.441 e. The Balaban J connectivity index is 2.84. The van der Waals surface area contributed by atoms with Crippen LogP contribution in [0.15, 0.2) is 0 Å². The summed E-state index contributed by atoms with van der Waals surface area (Å²) < 4.78 is 66.6. The van der Waals surface area contributed by atoms with Crippen molar-refractivity contribution in [2.75, 3.05) is 12.4 Å². The molecule has 0 spiro atoms. The zero-order chi connectivity index (χ0) is 15.3. The third kappa shape index (κ3) is 4.62. The topological polar surface area (TPSA) is 57.0 Å². The Labute approximate surface area is 114 Å². The minimum atomic E-state index is -4.46. The number of hydrogen-bond acceptors (Lipinski definition) is 5. The molecule has 0 unspecified atom stereocenters. The van der Waals surface area contributed by atoms with Crippen molar-refractivity contribution in [2.24, 2.45) is 0 Å². The molecule has 0 aliphatic heterocycles. The van der Waals surface area contributed by atoms with E-state index in [9.17, 15) is 26.7 Å². The number of rotatable bonds is 6. The molecule has 0 saturated heterocycles. The number of aromatic nitrogens is 3. The molecule has 0 aromatic carbocycles. The van der Waals surface area contributed by atoms with Crippen molar-refractivity contribution < 1.29 is 31.5 Å². The number of alkyl halides is 5. The van der Waals surface area contributed by atoms with Crippen molar-refractivity contribution in [3.05, 3.63) is 11.4 Å². The maximum absolute atomic E-state index is 12.8. The van der Waals surface area contributed by atoms with Gasteiger partial charge in [0.05, 0.1) is 13.2 Å². The molecule has 114 valence electrons. The molecule has 0 aliphatic carbocycles. The monoisotopic (exact) mass is 319 g/mol. The fraction of sp³-hybridized carbons (Fsp3) is 0.667. The van der Waals surface area contributed by atoms with Gasteiger partial charge in [-0.1, -0.05) is 5.21 Å². The number of aryl methyl sites for hydroxylation is 1. The Bertz CT molecular complexity index is 463. The van der Waals surface area contributed by atoms with Crippen LogP contribution in [0.5, 0.6) is 0 Å². The highest BCUT2D eigenvalue weighted by molar-refractivity contribution is 8.00. The molecule has 0 atom stereocenters. The Morgan fingerprint density at radius 2 is 2.10 bits per heavy atom. The summed E-state index contributed by atoms with van der Waals surface area (Å²) in [6.07, 6.45) is -3.10. The van der Waals surface area contributed by atoms with E-state index in [1.165, 1.54) is 6.92 Å². The van der Waals surface area contributed by atoms with Crippen LogP contribution in [0.25, 0.3) is 0 Å². The maximum atomic E-state index is 12.8. The van der Waals surface area contributed by atoms with Gasteiger partial charge in [0.1, 0.15) is 5.69 Å². The van der Waals surface area contributed by atoms with Gasteiger partial charge in [-0.3, -0.25) is 0 Å². The van der Waals surface area contributed by atoms with E-state index >= 15 is 0 Å². The highest BCUT2D eigenvalue weighted by Gasteiger charge is 2.30. The van der Waals surface area contributed by atoms with Gasteiger partial charge >= 0.3 is 11.5 Å². The van der Waals surface area contributed by atoms with Crippen LogP contribution in [0.4, 0.5) is 22.0 Å². The van der Waals surface area contributed by atoms with E-state index in [0.29, 0.717) is 4.68 Å². The van der Waals surface area contributed by atoms with E-state index in [2.05, 4.69) is 15.0 Å². The lowest BCUT2D eigenvalue weighted by Gasteiger charge is -2.08. The summed E-state index contributed by atoms with van der Waals surface area (Å²) in [5.74, 6) is -1.60. The summed E-state index contributed by atoms with van der Waals surface area (Å²) in [7, 11) is 0. The van der Waals surface area contributed by atoms with Crippen molar-refractivity contribution in [3.8, 4) is 0 Å². The van der Waals surface area contributed by atoms with Crippen LogP contribution in [-0.2, 0) is 11.3 Å². The second-order valence-corrected chi connectivity index (χ2v) is 4.52. The molecular formula is C9H10F5N3O2S. The van der Waals surface area contributed by atoms with E-state index in [1.54, 1.807) is 0 Å². The normalized spacial score (nSPS) is 11.9. The standard InChI is InChI=1S/C9H10F5N3O2S/c1-2-19-8(18)5-6(7(10)11)17(16-15-5)3-4-20-9(12,13)14/h7H,2-4H2,1H3. The first kappa shape index (κ1) is 16.7. The summed E-state index contributed by atoms with van der Waals surface area (Å²) in [4.78, 5) is 11.4. The number of carbonyl (C=O) groups excluding carboxylic acids is 1. The third-order valence-corrected chi connectivity index (χ3v) is 2.73. The molecule has 0 aliphatic rings. The van der Waals surface area contributed by atoms with Crippen LogP contribution < -0.4 is 0 Å². The van der Waals surface area contributed by atoms with E-state index < -0.39 is 41.6 Å². The van der Waals surface area contributed by atoms with Gasteiger partial charge < -0.3 is 4.74 Å². The van der Waals surface area contributed by atoms with Crippen molar-refractivity contribution in [2.45, 2.75) is 25.4 Å². The average Bonchev–Trinajstić information content (AvgIpc) is 2.71. The largest absolute Gasteiger partial charge is 0.461 e. The number of halogens is 5. The summed E-state index contributed by atoms with van der Waals surface area (Å²) in [5, 5.41) is 6.50. The van der Waals surface area contributed by atoms with Crippen LogP contribution in [0.3, 0.4) is 0 Å². The van der Waals surface area contributed by atoms with Crippen LogP contribution in [-0.4, -0.2) is 38.8 Å². The molecule has 5 nitrogen and oxygen atoms in total. The predicted octanol–water partition coefficient (Wildman–Crippen LogP) is 2.65. The molecular weight excluding hydrogens is 309 g/mol. The molecule has 0 saturated carbocycles. The fourth-order valence-corrected chi connectivity index (χ4v) is 1.79. The van der Waals surface area contributed by atoms with Gasteiger partial charge in [-0.15, -0.1) is 5.10 Å². The van der Waals surface area contributed by atoms with Crippen LogP contribution >= 0.6 is 11.8 Å². The zero-order valence-corrected chi connectivity index (χ0v) is 11.0. The minimum Gasteiger partial charge on any atom is -0.461 e. The Morgan fingerprint density at radius 3 is 2.60 bits per heavy atom. The summed E-state index contributed by atoms with van der Waals surface area (Å²) in [6, 6.07) is 0. The van der Waals surface area contributed by atoms with E-state index in [-0.39, 0.29) is 18.4 Å². The number of nitrogens with zero attached hydrogens (tertiary/aromatic N) is 3. The van der Waals surface area contributed by atoms with Crippen molar-refractivity contribution >= 4 is 17.7 Å². The Kier molecular flexibility index (Phi) is 5.72. The van der Waals surface area contributed by atoms with Gasteiger partial charge in [0.2, 0.25) is 0 Å². The first-order chi connectivity index (χ1) is 9.26. The van der Waals surface area contributed by atoms with E-state index in [0.717, 1.165) is 0 Å². The number of hydrogen-bond donors (Lipinski definition) is 0. The Hall–Kier alpha value is -1.39. The quantitative estimate of drug-likeness (QED) is 0.596. The third-order valence-electron chi connectivity index (χ3n) is 2.02. The van der Waals surface area contributed by atoms with Crippen molar-refractivity contribution in [3.63, 3.8) is 0 Å². The SMILES string of the molecule is CCOC(=O)c1nnn(CCSC(F)(F)F)c1C(F)F. The first-order valence-corrected chi connectivity index (χ1v) is 6.34. The predicted molar refractivity (Wildman–Crippen MR) is 59.4 cm³/mol. The maximum Gasteiger partial charge on any atom is 0.441 e. The molecule has 1 heterocycles. The molecule has 0 bridgehead atoms. The lowest BCUT2D eigenvalue weighted by atomic mass is 10.3. The number of ether oxygens (including phenoxy) is 1. The molecule has 1 aromatic rings. The second-order valence-electron chi connectivity index (χ2n) is 3.36. The highest BCUT2D eigenvalue weighted by atomic mass is 32.2. The molecule has 0 fully saturated rings. The molecule has 11 heteroatoms. The van der Waals surface area contributed by atoms with Gasteiger partial charge in [-0.2, -0.15) is 13.2 Å². The van der Waals surface area contributed by atoms with Gasteiger partial charge in [0.15, 0.2) is 5.69 Å².